The molecule has 0 aliphatic heterocycles. The molecule has 0 N–H and O–H groups in total. The summed E-state index contributed by atoms with van der Waals surface area (Å²) in [5.74, 6) is 1.02. The van der Waals surface area contributed by atoms with Gasteiger partial charge in [0, 0.05) is 19.7 Å². The van der Waals surface area contributed by atoms with E-state index in [-0.39, 0.29) is 5.92 Å². The van der Waals surface area contributed by atoms with E-state index in [1.807, 2.05) is 0 Å². The highest BCUT2D eigenvalue weighted by atomic mass is 16.5. The maximum Gasteiger partial charge on any atom is 0.0672 e. The Morgan fingerprint density at radius 3 is 2.75 bits per heavy atom. The summed E-state index contributed by atoms with van der Waals surface area (Å²) in [5.41, 5.74) is 0. The van der Waals surface area contributed by atoms with Gasteiger partial charge in [-0.1, -0.05) is 13.3 Å². The van der Waals surface area contributed by atoms with Crippen LogP contribution in [0.15, 0.2) is 0 Å². The predicted molar refractivity (Wildman–Crippen MR) is 65.0 cm³/mol. The molecule has 0 aromatic carbocycles. The van der Waals surface area contributed by atoms with Gasteiger partial charge in [-0.05, 0) is 32.2 Å². The Labute approximate surface area is 99.4 Å². The Morgan fingerprint density at radius 2 is 2.19 bits per heavy atom. The molecule has 0 saturated heterocycles. The minimum absolute atomic E-state index is 0.213. The highest BCUT2D eigenvalue weighted by Crippen LogP contribution is 2.33. The molecule has 0 radical (unpaired) electrons. The molecule has 3 atom stereocenters. The number of rotatable bonds is 5. The lowest BCUT2D eigenvalue weighted by atomic mass is 9.77. The maximum atomic E-state index is 9.19. The number of hydrogen-bond acceptors (Lipinski definition) is 3. The smallest absolute Gasteiger partial charge is 0.0672 e. The normalized spacial score (nSPS) is 30.3. The number of methoxy groups -OCH3 is 1. The first-order valence-corrected chi connectivity index (χ1v) is 6.31. The van der Waals surface area contributed by atoms with Crippen LogP contribution >= 0.6 is 0 Å². The summed E-state index contributed by atoms with van der Waals surface area (Å²) in [7, 11) is 3.84. The van der Waals surface area contributed by atoms with Crippen molar-refractivity contribution >= 4 is 0 Å². The third-order valence-electron chi connectivity index (χ3n) is 3.88. The zero-order valence-corrected chi connectivity index (χ0v) is 10.8. The van der Waals surface area contributed by atoms with Crippen LogP contribution in [-0.2, 0) is 4.74 Å². The SMILES string of the molecule is CCC1CCC(C#N)C(N(C)CCOC)C1. The molecular weight excluding hydrogens is 200 g/mol. The molecule has 16 heavy (non-hydrogen) atoms. The van der Waals surface area contributed by atoms with Crippen molar-refractivity contribution in [3.8, 4) is 6.07 Å². The first-order valence-electron chi connectivity index (χ1n) is 6.31. The highest BCUT2D eigenvalue weighted by molar-refractivity contribution is 4.96. The van der Waals surface area contributed by atoms with Crippen molar-refractivity contribution in [2.45, 2.75) is 38.6 Å². The summed E-state index contributed by atoms with van der Waals surface area (Å²) in [6, 6.07) is 2.90. The molecule has 1 aliphatic carbocycles. The summed E-state index contributed by atoms with van der Waals surface area (Å²) in [5, 5.41) is 9.19. The standard InChI is InChI=1S/C13H24N2O/c1-4-11-5-6-12(10-14)13(9-11)15(2)7-8-16-3/h11-13H,4-9H2,1-3H3. The summed E-state index contributed by atoms with van der Waals surface area (Å²) in [4.78, 5) is 2.30. The molecule has 0 aromatic heterocycles. The first-order chi connectivity index (χ1) is 7.72. The molecule has 0 bridgehead atoms. The van der Waals surface area contributed by atoms with E-state index in [1.54, 1.807) is 7.11 Å². The second-order valence-electron chi connectivity index (χ2n) is 4.86. The van der Waals surface area contributed by atoms with Crippen LogP contribution < -0.4 is 0 Å². The van der Waals surface area contributed by atoms with E-state index in [2.05, 4.69) is 24.9 Å². The van der Waals surface area contributed by atoms with Gasteiger partial charge in [-0.3, -0.25) is 4.90 Å². The third-order valence-corrected chi connectivity index (χ3v) is 3.88. The molecule has 92 valence electrons. The van der Waals surface area contributed by atoms with E-state index in [9.17, 15) is 5.26 Å². The van der Waals surface area contributed by atoms with Crippen molar-refractivity contribution in [1.29, 1.82) is 5.26 Å². The summed E-state index contributed by atoms with van der Waals surface area (Å²) in [6.07, 6.45) is 4.71. The van der Waals surface area contributed by atoms with Gasteiger partial charge in [0.1, 0.15) is 0 Å². The fourth-order valence-electron chi connectivity index (χ4n) is 2.64. The average Bonchev–Trinajstić information content (AvgIpc) is 2.35. The topological polar surface area (TPSA) is 36.3 Å². The van der Waals surface area contributed by atoms with E-state index in [0.717, 1.165) is 25.5 Å². The zero-order chi connectivity index (χ0) is 12.0. The lowest BCUT2D eigenvalue weighted by Crippen LogP contribution is -2.43. The molecule has 3 heteroatoms. The maximum absolute atomic E-state index is 9.19. The zero-order valence-electron chi connectivity index (χ0n) is 10.8. The minimum Gasteiger partial charge on any atom is -0.383 e. The van der Waals surface area contributed by atoms with Crippen LogP contribution in [-0.4, -0.2) is 38.3 Å². The van der Waals surface area contributed by atoms with Crippen LogP contribution in [0, 0.1) is 23.2 Å². The van der Waals surface area contributed by atoms with Gasteiger partial charge in [-0.25, -0.2) is 0 Å². The van der Waals surface area contributed by atoms with E-state index in [1.165, 1.54) is 19.3 Å². The average molecular weight is 224 g/mol. The molecule has 1 fully saturated rings. The van der Waals surface area contributed by atoms with E-state index >= 15 is 0 Å². The minimum atomic E-state index is 0.213. The number of nitriles is 1. The van der Waals surface area contributed by atoms with Crippen molar-refractivity contribution < 1.29 is 4.74 Å². The third kappa shape index (κ3) is 3.47. The Kier molecular flexibility index (Phi) is 5.79. The molecular formula is C13H24N2O. The summed E-state index contributed by atoms with van der Waals surface area (Å²) in [6.45, 7) is 3.93. The largest absolute Gasteiger partial charge is 0.383 e. The quantitative estimate of drug-likeness (QED) is 0.719. The van der Waals surface area contributed by atoms with Gasteiger partial charge >= 0.3 is 0 Å². The van der Waals surface area contributed by atoms with Gasteiger partial charge in [0.25, 0.3) is 0 Å². The van der Waals surface area contributed by atoms with Gasteiger partial charge in [0.15, 0.2) is 0 Å². The Morgan fingerprint density at radius 1 is 1.44 bits per heavy atom. The molecule has 0 heterocycles. The highest BCUT2D eigenvalue weighted by Gasteiger charge is 2.32. The van der Waals surface area contributed by atoms with Gasteiger partial charge in [0.05, 0.1) is 18.6 Å². The van der Waals surface area contributed by atoms with Crippen molar-refractivity contribution in [2.24, 2.45) is 11.8 Å². The summed E-state index contributed by atoms with van der Waals surface area (Å²) >= 11 is 0. The Hall–Kier alpha value is -0.590. The Bertz CT molecular complexity index is 237. The van der Waals surface area contributed by atoms with Crippen LogP contribution in [0.3, 0.4) is 0 Å². The summed E-state index contributed by atoms with van der Waals surface area (Å²) < 4.78 is 5.10. The monoisotopic (exact) mass is 224 g/mol. The van der Waals surface area contributed by atoms with E-state index in [0.29, 0.717) is 6.04 Å². The molecule has 3 nitrogen and oxygen atoms in total. The van der Waals surface area contributed by atoms with Crippen molar-refractivity contribution in [3.05, 3.63) is 0 Å². The number of nitrogens with zero attached hydrogens (tertiary/aromatic N) is 2. The number of ether oxygens (including phenoxy) is 1. The van der Waals surface area contributed by atoms with Crippen LogP contribution in [0.4, 0.5) is 0 Å². The fraction of sp³-hybridized carbons (Fsp3) is 0.923. The first kappa shape index (κ1) is 13.5. The van der Waals surface area contributed by atoms with Crippen LogP contribution in [0.5, 0.6) is 0 Å². The number of likely N-dealkylation sites (N-methyl/N-ethyl adjacent to an activating group) is 1. The number of hydrogen-bond donors (Lipinski definition) is 0. The predicted octanol–water partition coefficient (Wildman–Crippen LogP) is 2.28. The van der Waals surface area contributed by atoms with E-state index in [4.69, 9.17) is 4.74 Å². The van der Waals surface area contributed by atoms with Crippen LogP contribution in [0.25, 0.3) is 0 Å². The van der Waals surface area contributed by atoms with Crippen LogP contribution in [0.1, 0.15) is 32.6 Å². The molecule has 3 unspecified atom stereocenters. The van der Waals surface area contributed by atoms with Crippen molar-refractivity contribution in [1.82, 2.24) is 4.90 Å². The second kappa shape index (κ2) is 6.88. The van der Waals surface area contributed by atoms with Gasteiger partial charge < -0.3 is 4.74 Å². The Balaban J connectivity index is 2.54. The van der Waals surface area contributed by atoms with Crippen molar-refractivity contribution in [3.63, 3.8) is 0 Å². The molecule has 1 rings (SSSR count). The second-order valence-corrected chi connectivity index (χ2v) is 4.86. The van der Waals surface area contributed by atoms with Gasteiger partial charge in [-0.15, -0.1) is 0 Å². The molecule has 1 aliphatic rings. The van der Waals surface area contributed by atoms with Gasteiger partial charge in [0.2, 0.25) is 0 Å². The van der Waals surface area contributed by atoms with E-state index < -0.39 is 0 Å². The lowest BCUT2D eigenvalue weighted by Gasteiger charge is -2.38. The van der Waals surface area contributed by atoms with Gasteiger partial charge in [-0.2, -0.15) is 5.26 Å². The molecule has 0 aromatic rings. The molecule has 0 spiro atoms. The van der Waals surface area contributed by atoms with Crippen molar-refractivity contribution in [2.75, 3.05) is 27.3 Å². The fourth-order valence-corrected chi connectivity index (χ4v) is 2.64. The molecule has 0 amide bonds. The molecule has 1 saturated carbocycles. The van der Waals surface area contributed by atoms with Crippen LogP contribution in [0.2, 0.25) is 0 Å². The lowest BCUT2D eigenvalue weighted by molar-refractivity contribution is 0.0893.